The summed E-state index contributed by atoms with van der Waals surface area (Å²) in [4.78, 5) is 10.4. The number of aliphatic carboxylic acids is 1. The van der Waals surface area contributed by atoms with Crippen LogP contribution in [-0.4, -0.2) is 49.4 Å². The van der Waals surface area contributed by atoms with Crippen LogP contribution >= 0.6 is 0 Å². The van der Waals surface area contributed by atoms with Gasteiger partial charge in [0.05, 0.1) is 33.2 Å². The van der Waals surface area contributed by atoms with E-state index >= 15 is 0 Å². The Labute approximate surface area is 273 Å². The van der Waals surface area contributed by atoms with Gasteiger partial charge in [0.15, 0.2) is 0 Å². The smallest absolute Gasteiger partial charge is 0.102 e. The summed E-state index contributed by atoms with van der Waals surface area (Å²) in [7, 11) is 4.44. The summed E-state index contributed by atoms with van der Waals surface area (Å²) in [6.07, 6.45) is 34.7. The number of carbonyl (C=O) groups is 1. The van der Waals surface area contributed by atoms with Crippen molar-refractivity contribution in [2.24, 2.45) is 5.41 Å². The molecular formula is C40H71NO3. The van der Waals surface area contributed by atoms with Crippen LogP contribution in [-0.2, 0) is 4.79 Å². The zero-order chi connectivity index (χ0) is 33.3. The molecule has 0 spiro atoms. The highest BCUT2D eigenvalue weighted by Crippen LogP contribution is 2.40. The van der Waals surface area contributed by atoms with Gasteiger partial charge in [0.25, 0.3) is 0 Å². The first-order chi connectivity index (χ1) is 20.8. The zero-order valence-electron chi connectivity index (χ0n) is 30.3. The molecule has 0 aromatic carbocycles. The van der Waals surface area contributed by atoms with E-state index < -0.39 is 5.97 Å². The predicted octanol–water partition coefficient (Wildman–Crippen LogP) is 9.80. The van der Waals surface area contributed by atoms with Crippen molar-refractivity contribution in [1.29, 1.82) is 0 Å². The second-order valence-electron chi connectivity index (χ2n) is 14.4. The number of rotatable bonds is 22. The lowest BCUT2D eigenvalue weighted by atomic mass is 9.72. The van der Waals surface area contributed by atoms with Crippen LogP contribution in [0.25, 0.3) is 0 Å². The molecule has 0 heterocycles. The Morgan fingerprint density at radius 1 is 0.841 bits per heavy atom. The zero-order valence-corrected chi connectivity index (χ0v) is 30.3. The highest BCUT2D eigenvalue weighted by molar-refractivity contribution is 5.79. The van der Waals surface area contributed by atoms with Gasteiger partial charge < -0.3 is 19.5 Å². The predicted molar refractivity (Wildman–Crippen MR) is 190 cm³/mol. The van der Waals surface area contributed by atoms with Crippen LogP contribution in [0.4, 0.5) is 0 Å². The summed E-state index contributed by atoms with van der Waals surface area (Å²) < 4.78 is 0.967. The fourth-order valence-electron chi connectivity index (χ4n) is 5.98. The third-order valence-corrected chi connectivity index (χ3v) is 8.94. The van der Waals surface area contributed by atoms with Crippen molar-refractivity contribution in [2.75, 3.05) is 33.8 Å². The molecule has 0 saturated heterocycles. The topological polar surface area (TPSA) is 60.4 Å². The lowest BCUT2D eigenvalue weighted by Crippen LogP contribution is -2.42. The maximum absolute atomic E-state index is 10.4. The van der Waals surface area contributed by atoms with Crippen LogP contribution in [0.3, 0.4) is 0 Å². The number of hydrogen-bond acceptors (Lipinski definition) is 3. The summed E-state index contributed by atoms with van der Waals surface area (Å²) in [5, 5.41) is 19.4. The van der Waals surface area contributed by atoms with Gasteiger partial charge in [0.2, 0.25) is 0 Å². The first-order valence-electron chi connectivity index (χ1n) is 17.9. The first-order valence-corrected chi connectivity index (χ1v) is 17.9. The molecule has 0 aromatic heterocycles. The second-order valence-corrected chi connectivity index (χ2v) is 14.4. The second kappa shape index (κ2) is 25.3. The molecule has 4 heteroatoms. The fraction of sp³-hybridized carbons (Fsp3) is 0.725. The van der Waals surface area contributed by atoms with Crippen molar-refractivity contribution < 1.29 is 19.5 Å². The molecule has 1 aliphatic rings. The van der Waals surface area contributed by atoms with Gasteiger partial charge in [-0.25, -0.2) is 0 Å². The molecule has 0 saturated carbocycles. The van der Waals surface area contributed by atoms with Crippen molar-refractivity contribution in [3.8, 4) is 0 Å². The van der Waals surface area contributed by atoms with E-state index in [4.69, 9.17) is 5.11 Å². The van der Waals surface area contributed by atoms with Gasteiger partial charge >= 0.3 is 0 Å². The van der Waals surface area contributed by atoms with Gasteiger partial charge in [-0.2, -0.15) is 0 Å². The van der Waals surface area contributed by atoms with Crippen LogP contribution in [0.15, 0.2) is 58.7 Å². The van der Waals surface area contributed by atoms with Crippen molar-refractivity contribution in [3.63, 3.8) is 0 Å². The minimum absolute atomic E-state index is 0.253. The molecular weight excluding hydrogens is 542 g/mol. The third kappa shape index (κ3) is 23.5. The summed E-state index contributed by atoms with van der Waals surface area (Å²) in [6.45, 7) is 15.3. The number of allylic oxidation sites excluding steroid dienone is 9. The SMILES string of the molecule is CC1=C(/C=C/C(C)=C/C=C/C(C)=C/C(=O)[O-])C(C)(C)CCC1.CCCCCCCCCCCCCCCC[N+](C)(C)CCO. The largest absolute Gasteiger partial charge is 0.545 e. The molecule has 0 radical (unpaired) electrons. The number of carbonyl (C=O) groups excluding carboxylic acids is 1. The van der Waals surface area contributed by atoms with Crippen LogP contribution in [0, 0.1) is 5.41 Å². The highest BCUT2D eigenvalue weighted by Gasteiger charge is 2.26. The number of quaternary nitrogens is 1. The quantitative estimate of drug-likeness (QED) is 0.0572. The molecule has 0 aliphatic heterocycles. The molecule has 4 nitrogen and oxygen atoms in total. The number of hydrogen-bond donors (Lipinski definition) is 1. The van der Waals surface area contributed by atoms with E-state index in [2.05, 4.69) is 53.9 Å². The van der Waals surface area contributed by atoms with E-state index in [1.807, 2.05) is 19.1 Å². The van der Waals surface area contributed by atoms with E-state index in [-0.39, 0.29) is 5.41 Å². The van der Waals surface area contributed by atoms with Gasteiger partial charge in [-0.15, -0.1) is 0 Å². The minimum atomic E-state index is -1.16. The number of aliphatic hydroxyl groups is 1. The van der Waals surface area contributed by atoms with Crippen molar-refractivity contribution >= 4 is 5.97 Å². The number of carboxylic acids is 1. The normalized spacial score (nSPS) is 16.1. The number of aliphatic hydroxyl groups excluding tert-OH is 1. The van der Waals surface area contributed by atoms with Gasteiger partial charge in [-0.1, -0.05) is 139 Å². The van der Waals surface area contributed by atoms with Crippen LogP contribution in [0.2, 0.25) is 0 Å². The molecule has 0 aromatic rings. The lowest BCUT2D eigenvalue weighted by Gasteiger charge is -2.32. The average Bonchev–Trinajstić information content (AvgIpc) is 2.92. The minimum Gasteiger partial charge on any atom is -0.545 e. The summed E-state index contributed by atoms with van der Waals surface area (Å²) in [6, 6.07) is 0. The molecule has 1 rings (SSSR count). The Hall–Kier alpha value is -1.91. The number of unbranched alkanes of at least 4 members (excludes halogenated alkanes) is 13. The summed E-state index contributed by atoms with van der Waals surface area (Å²) in [5.74, 6) is -1.16. The molecule has 1 aliphatic carbocycles. The number of likely N-dealkylation sites (N-methyl/N-ethyl adjacent to an activating group) is 1. The molecule has 0 bridgehead atoms. The average molecular weight is 614 g/mol. The number of carboxylic acid groups (broad SMARTS) is 1. The number of nitrogens with zero attached hydrogens (tertiary/aromatic N) is 1. The molecule has 254 valence electrons. The van der Waals surface area contributed by atoms with E-state index in [0.717, 1.165) is 22.7 Å². The van der Waals surface area contributed by atoms with Crippen molar-refractivity contribution in [2.45, 2.75) is 151 Å². The maximum atomic E-state index is 10.4. The van der Waals surface area contributed by atoms with E-state index in [1.165, 1.54) is 127 Å². The standard InChI is InChI=1S/C20H44NO.C20H28O2/c1-4-5-6-7-8-9-10-11-12-13-14-15-16-17-18-21(2,3)19-20-22;1-15(8-6-9-16(2)14-19(21)22)11-12-18-17(3)10-7-13-20(18,4)5/h22H,4-20H2,1-3H3;6,8-9,11-12,14H,7,10,13H2,1-5H3,(H,21,22)/q+1;/p-1/b;9-6+,12-11+,15-8+,16-14+. The van der Waals surface area contributed by atoms with E-state index in [0.29, 0.717) is 12.2 Å². The van der Waals surface area contributed by atoms with Gasteiger partial charge in [0.1, 0.15) is 6.54 Å². The van der Waals surface area contributed by atoms with Crippen molar-refractivity contribution in [1.82, 2.24) is 0 Å². The molecule has 1 N–H and O–H groups in total. The maximum Gasteiger partial charge on any atom is 0.102 e. The molecule has 0 fully saturated rings. The molecule has 0 amide bonds. The molecule has 0 atom stereocenters. The van der Waals surface area contributed by atoms with Gasteiger partial charge in [0, 0.05) is 0 Å². The van der Waals surface area contributed by atoms with Crippen LogP contribution < -0.4 is 5.11 Å². The highest BCUT2D eigenvalue weighted by atomic mass is 16.4. The van der Waals surface area contributed by atoms with E-state index in [1.54, 1.807) is 13.0 Å². The first kappa shape index (κ1) is 42.1. The molecule has 0 unspecified atom stereocenters. The Bertz CT molecular complexity index is 917. The van der Waals surface area contributed by atoms with Gasteiger partial charge in [-0.05, 0) is 75.5 Å². The lowest BCUT2D eigenvalue weighted by molar-refractivity contribution is -0.890. The van der Waals surface area contributed by atoms with Crippen LogP contribution in [0.1, 0.15) is 151 Å². The van der Waals surface area contributed by atoms with E-state index in [9.17, 15) is 9.90 Å². The fourth-order valence-corrected chi connectivity index (χ4v) is 5.98. The Morgan fingerprint density at radius 2 is 1.36 bits per heavy atom. The van der Waals surface area contributed by atoms with Crippen molar-refractivity contribution in [3.05, 3.63) is 58.7 Å². The Balaban J connectivity index is 0.000000840. The monoisotopic (exact) mass is 614 g/mol. The Morgan fingerprint density at radius 3 is 1.84 bits per heavy atom. The van der Waals surface area contributed by atoms with Crippen LogP contribution in [0.5, 0.6) is 0 Å². The third-order valence-electron chi connectivity index (χ3n) is 8.94. The summed E-state index contributed by atoms with van der Waals surface area (Å²) >= 11 is 0. The molecule has 44 heavy (non-hydrogen) atoms. The summed E-state index contributed by atoms with van der Waals surface area (Å²) in [5.41, 5.74) is 4.99. The van der Waals surface area contributed by atoms with Gasteiger partial charge in [-0.3, -0.25) is 0 Å². The Kier molecular flexibility index (Phi) is 24.2.